The van der Waals surface area contributed by atoms with Crippen molar-refractivity contribution in [1.29, 1.82) is 0 Å². The minimum atomic E-state index is -0.304. The Bertz CT molecular complexity index is 561. The lowest BCUT2D eigenvalue weighted by atomic mass is 10.1. The van der Waals surface area contributed by atoms with Crippen molar-refractivity contribution in [2.24, 2.45) is 0 Å². The summed E-state index contributed by atoms with van der Waals surface area (Å²) in [5.74, 6) is -0.0263. The molecule has 0 unspecified atom stereocenters. The van der Waals surface area contributed by atoms with E-state index in [0.717, 1.165) is 5.69 Å². The lowest BCUT2D eigenvalue weighted by molar-refractivity contribution is 0.384. The Morgan fingerprint density at radius 3 is 2.42 bits per heavy atom. The number of nitrogens with one attached hydrogen (secondary N) is 1. The zero-order chi connectivity index (χ0) is 13.8. The Morgan fingerprint density at radius 2 is 1.79 bits per heavy atom. The third-order valence-corrected chi connectivity index (χ3v) is 2.97. The van der Waals surface area contributed by atoms with Gasteiger partial charge in [-0.2, -0.15) is 0 Å². The van der Waals surface area contributed by atoms with Crippen LogP contribution in [0.1, 0.15) is 16.7 Å². The van der Waals surface area contributed by atoms with Crippen molar-refractivity contribution < 1.29 is 9.13 Å². The van der Waals surface area contributed by atoms with E-state index in [1.165, 1.54) is 18.2 Å². The summed E-state index contributed by atoms with van der Waals surface area (Å²) in [7, 11) is 1.47. The van der Waals surface area contributed by atoms with Crippen LogP contribution in [0, 0.1) is 19.7 Å². The molecule has 2 nitrogen and oxygen atoms in total. The minimum absolute atomic E-state index is 0.278. The monoisotopic (exact) mass is 259 g/mol. The van der Waals surface area contributed by atoms with Crippen molar-refractivity contribution >= 4 is 5.69 Å². The van der Waals surface area contributed by atoms with Gasteiger partial charge in [-0.25, -0.2) is 4.39 Å². The van der Waals surface area contributed by atoms with E-state index < -0.39 is 0 Å². The maximum Gasteiger partial charge on any atom is 0.170 e. The first-order valence-corrected chi connectivity index (χ1v) is 6.23. The van der Waals surface area contributed by atoms with E-state index in [1.807, 2.05) is 26.0 Å². The summed E-state index contributed by atoms with van der Waals surface area (Å²) in [4.78, 5) is 0. The average Bonchev–Trinajstić information content (AvgIpc) is 2.36. The summed E-state index contributed by atoms with van der Waals surface area (Å²) < 4.78 is 18.9. The van der Waals surface area contributed by atoms with Crippen molar-refractivity contribution in [3.05, 3.63) is 58.9 Å². The van der Waals surface area contributed by atoms with Crippen molar-refractivity contribution in [2.75, 3.05) is 12.4 Å². The number of anilines is 1. The number of ether oxygens (including phenoxy) is 1. The molecule has 0 bridgehead atoms. The zero-order valence-electron chi connectivity index (χ0n) is 11.5. The van der Waals surface area contributed by atoms with Gasteiger partial charge in [-0.05, 0) is 43.2 Å². The molecule has 0 saturated carbocycles. The number of hydrogen-bond donors (Lipinski definition) is 1. The Morgan fingerprint density at radius 1 is 1.11 bits per heavy atom. The smallest absolute Gasteiger partial charge is 0.170 e. The molecule has 1 N–H and O–H groups in total. The molecule has 0 spiro atoms. The number of benzene rings is 2. The van der Waals surface area contributed by atoms with E-state index in [2.05, 4.69) is 11.4 Å². The number of halogens is 1. The fourth-order valence-corrected chi connectivity index (χ4v) is 2.12. The molecule has 0 fully saturated rings. The lowest BCUT2D eigenvalue weighted by Crippen LogP contribution is -2.03. The molecule has 2 aromatic carbocycles. The Hall–Kier alpha value is -2.03. The van der Waals surface area contributed by atoms with E-state index in [4.69, 9.17) is 4.74 Å². The zero-order valence-corrected chi connectivity index (χ0v) is 11.5. The van der Waals surface area contributed by atoms with Gasteiger partial charge in [0.2, 0.25) is 0 Å². The van der Waals surface area contributed by atoms with Gasteiger partial charge in [0, 0.05) is 17.8 Å². The summed E-state index contributed by atoms with van der Waals surface area (Å²) >= 11 is 0. The van der Waals surface area contributed by atoms with Crippen LogP contribution in [-0.2, 0) is 6.54 Å². The van der Waals surface area contributed by atoms with Gasteiger partial charge in [0.15, 0.2) is 11.6 Å². The Balaban J connectivity index is 2.14. The van der Waals surface area contributed by atoms with Gasteiger partial charge in [0.05, 0.1) is 7.11 Å². The molecule has 100 valence electrons. The standard InChI is InChI=1S/C16H18FNO/c1-11-7-12(2)9-14(8-11)18-10-13-5-4-6-15(19-3)16(13)17/h4-9,18H,10H2,1-3H3. The maximum atomic E-state index is 14.0. The molecule has 0 atom stereocenters. The van der Waals surface area contributed by atoms with Gasteiger partial charge in [-0.3, -0.25) is 0 Å². The first-order chi connectivity index (χ1) is 9.10. The fraction of sp³-hybridized carbons (Fsp3) is 0.250. The normalized spacial score (nSPS) is 10.3. The Labute approximate surface area is 113 Å². The van der Waals surface area contributed by atoms with Crippen LogP contribution in [-0.4, -0.2) is 7.11 Å². The van der Waals surface area contributed by atoms with Crippen molar-refractivity contribution in [1.82, 2.24) is 0 Å². The maximum absolute atomic E-state index is 14.0. The van der Waals surface area contributed by atoms with E-state index in [0.29, 0.717) is 12.1 Å². The molecule has 0 aliphatic heterocycles. The third kappa shape index (κ3) is 3.25. The van der Waals surface area contributed by atoms with Crippen LogP contribution in [0.4, 0.5) is 10.1 Å². The molecule has 0 aliphatic carbocycles. The molecule has 0 heterocycles. The van der Waals surface area contributed by atoms with Crippen LogP contribution < -0.4 is 10.1 Å². The molecule has 0 aliphatic rings. The largest absolute Gasteiger partial charge is 0.494 e. The molecule has 0 aromatic heterocycles. The molecular formula is C16H18FNO. The molecule has 0 radical (unpaired) electrons. The summed E-state index contributed by atoms with van der Waals surface area (Å²) in [5, 5.41) is 3.24. The predicted molar refractivity (Wildman–Crippen MR) is 76.2 cm³/mol. The molecule has 2 rings (SSSR count). The number of hydrogen-bond acceptors (Lipinski definition) is 2. The third-order valence-electron chi connectivity index (χ3n) is 2.97. The second-order valence-corrected chi connectivity index (χ2v) is 4.66. The van der Waals surface area contributed by atoms with Gasteiger partial charge in [0.1, 0.15) is 0 Å². The van der Waals surface area contributed by atoms with Crippen LogP contribution in [0.2, 0.25) is 0 Å². The highest BCUT2D eigenvalue weighted by atomic mass is 19.1. The number of aryl methyl sites for hydroxylation is 2. The van der Waals surface area contributed by atoms with Crippen LogP contribution in [0.15, 0.2) is 36.4 Å². The van der Waals surface area contributed by atoms with Gasteiger partial charge in [-0.15, -0.1) is 0 Å². The SMILES string of the molecule is COc1cccc(CNc2cc(C)cc(C)c2)c1F. The van der Waals surface area contributed by atoms with Crippen LogP contribution in [0.3, 0.4) is 0 Å². The number of methoxy groups -OCH3 is 1. The van der Waals surface area contributed by atoms with E-state index >= 15 is 0 Å². The molecule has 0 saturated heterocycles. The fourth-order valence-electron chi connectivity index (χ4n) is 2.12. The van der Waals surface area contributed by atoms with Crippen molar-refractivity contribution in [2.45, 2.75) is 20.4 Å². The first-order valence-electron chi connectivity index (χ1n) is 6.23. The summed E-state index contributed by atoms with van der Waals surface area (Å²) in [5.41, 5.74) is 3.97. The Kier molecular flexibility index (Phi) is 4.05. The second kappa shape index (κ2) is 5.74. The second-order valence-electron chi connectivity index (χ2n) is 4.66. The van der Waals surface area contributed by atoms with Gasteiger partial charge in [0.25, 0.3) is 0 Å². The topological polar surface area (TPSA) is 21.3 Å². The molecule has 3 heteroatoms. The highest BCUT2D eigenvalue weighted by molar-refractivity contribution is 5.49. The van der Waals surface area contributed by atoms with E-state index in [1.54, 1.807) is 18.2 Å². The van der Waals surface area contributed by atoms with Gasteiger partial charge >= 0.3 is 0 Å². The van der Waals surface area contributed by atoms with Crippen molar-refractivity contribution in [3.63, 3.8) is 0 Å². The van der Waals surface area contributed by atoms with Crippen molar-refractivity contribution in [3.8, 4) is 5.75 Å². The minimum Gasteiger partial charge on any atom is -0.494 e. The average molecular weight is 259 g/mol. The van der Waals surface area contributed by atoms with E-state index in [9.17, 15) is 4.39 Å². The quantitative estimate of drug-likeness (QED) is 0.894. The van der Waals surface area contributed by atoms with Crippen LogP contribution in [0.25, 0.3) is 0 Å². The molecular weight excluding hydrogens is 241 g/mol. The highest BCUT2D eigenvalue weighted by Gasteiger charge is 2.07. The van der Waals surface area contributed by atoms with Crippen LogP contribution >= 0.6 is 0 Å². The van der Waals surface area contributed by atoms with E-state index in [-0.39, 0.29) is 11.6 Å². The summed E-state index contributed by atoms with van der Waals surface area (Å²) in [6.07, 6.45) is 0. The van der Waals surface area contributed by atoms with Gasteiger partial charge < -0.3 is 10.1 Å². The van der Waals surface area contributed by atoms with Crippen LogP contribution in [0.5, 0.6) is 5.75 Å². The number of rotatable bonds is 4. The lowest BCUT2D eigenvalue weighted by Gasteiger charge is -2.11. The van der Waals surface area contributed by atoms with Gasteiger partial charge in [-0.1, -0.05) is 18.2 Å². The summed E-state index contributed by atoms with van der Waals surface area (Å²) in [6.45, 7) is 4.53. The summed E-state index contributed by atoms with van der Waals surface area (Å²) in [6, 6.07) is 11.4. The first kappa shape index (κ1) is 13.4. The highest BCUT2D eigenvalue weighted by Crippen LogP contribution is 2.21. The molecule has 19 heavy (non-hydrogen) atoms. The molecule has 0 amide bonds. The molecule has 2 aromatic rings. The predicted octanol–water partition coefficient (Wildman–Crippen LogP) is 4.06.